The Bertz CT molecular complexity index is 421. The van der Waals surface area contributed by atoms with E-state index in [2.05, 4.69) is 0 Å². The molecule has 0 saturated carbocycles. The molecule has 0 bridgehead atoms. The zero-order valence-corrected chi connectivity index (χ0v) is 9.65. The summed E-state index contributed by atoms with van der Waals surface area (Å²) in [5.74, 6) is -0.114. The summed E-state index contributed by atoms with van der Waals surface area (Å²) in [5, 5.41) is 0. The Balaban J connectivity index is 2.08. The number of rotatable bonds is 3. The van der Waals surface area contributed by atoms with Crippen molar-refractivity contribution in [2.24, 2.45) is 0 Å². The summed E-state index contributed by atoms with van der Waals surface area (Å²) in [4.78, 5) is 0.313. The van der Waals surface area contributed by atoms with E-state index >= 15 is 0 Å². The Morgan fingerprint density at radius 1 is 1.12 bits per heavy atom. The van der Waals surface area contributed by atoms with Gasteiger partial charge in [-0.1, -0.05) is 18.2 Å². The van der Waals surface area contributed by atoms with Crippen molar-refractivity contribution in [1.29, 1.82) is 0 Å². The van der Waals surface area contributed by atoms with Crippen molar-refractivity contribution < 1.29 is 17.9 Å². The topological polar surface area (TPSA) is 52.6 Å². The van der Waals surface area contributed by atoms with Crippen LogP contribution >= 0.6 is 0 Å². The molecular formula is C11H14O4S. The Kier molecular flexibility index (Phi) is 3.58. The van der Waals surface area contributed by atoms with Crippen LogP contribution in [0.1, 0.15) is 6.42 Å². The summed E-state index contributed by atoms with van der Waals surface area (Å²) in [6.45, 7) is 1.13. The van der Waals surface area contributed by atoms with Gasteiger partial charge < -0.3 is 9.47 Å². The van der Waals surface area contributed by atoms with E-state index in [0.29, 0.717) is 18.1 Å². The second-order valence-electron chi connectivity index (χ2n) is 3.62. The third-order valence-corrected chi connectivity index (χ3v) is 4.06. The van der Waals surface area contributed by atoms with E-state index in [1.807, 2.05) is 0 Å². The zero-order valence-electron chi connectivity index (χ0n) is 8.83. The van der Waals surface area contributed by atoms with Gasteiger partial charge in [0, 0.05) is 0 Å². The second-order valence-corrected chi connectivity index (χ2v) is 5.65. The first-order chi connectivity index (χ1) is 7.68. The van der Waals surface area contributed by atoms with Gasteiger partial charge >= 0.3 is 0 Å². The molecule has 1 aromatic carbocycles. The summed E-state index contributed by atoms with van der Waals surface area (Å²) in [6, 6.07) is 8.36. The predicted octanol–water partition coefficient (Wildman–Crippen LogP) is 1.22. The highest BCUT2D eigenvalue weighted by Crippen LogP contribution is 2.15. The first kappa shape index (κ1) is 11.6. The fraction of sp³-hybridized carbons (Fsp3) is 0.455. The Labute approximate surface area is 95.1 Å². The molecule has 2 rings (SSSR count). The fourth-order valence-corrected chi connectivity index (χ4v) is 2.85. The minimum absolute atomic E-state index is 0.114. The lowest BCUT2D eigenvalue weighted by Gasteiger charge is -2.22. The van der Waals surface area contributed by atoms with Crippen molar-refractivity contribution in [2.45, 2.75) is 17.6 Å². The molecule has 1 aliphatic heterocycles. The molecule has 0 aliphatic carbocycles. The average Bonchev–Trinajstić information content (AvgIpc) is 2.31. The summed E-state index contributed by atoms with van der Waals surface area (Å²) < 4.78 is 34.3. The van der Waals surface area contributed by atoms with Gasteiger partial charge in [0.15, 0.2) is 16.1 Å². The van der Waals surface area contributed by atoms with Crippen LogP contribution < -0.4 is 0 Å². The van der Waals surface area contributed by atoms with Crippen molar-refractivity contribution in [1.82, 2.24) is 0 Å². The summed E-state index contributed by atoms with van der Waals surface area (Å²) in [6.07, 6.45) is 0.195. The minimum Gasteiger partial charge on any atom is -0.351 e. The SMILES string of the molecule is O=S(=O)(CC1OCCCO1)c1ccccc1. The lowest BCUT2D eigenvalue weighted by Crippen LogP contribution is -2.31. The maximum Gasteiger partial charge on any atom is 0.183 e. The van der Waals surface area contributed by atoms with Crippen molar-refractivity contribution >= 4 is 9.84 Å². The Hall–Kier alpha value is -0.910. The minimum atomic E-state index is -3.31. The van der Waals surface area contributed by atoms with Crippen LogP contribution in [-0.4, -0.2) is 33.7 Å². The smallest absolute Gasteiger partial charge is 0.183 e. The molecule has 4 nitrogen and oxygen atoms in total. The van der Waals surface area contributed by atoms with Crippen molar-refractivity contribution in [2.75, 3.05) is 19.0 Å². The van der Waals surface area contributed by atoms with Crippen LogP contribution in [0, 0.1) is 0 Å². The van der Waals surface area contributed by atoms with Crippen LogP contribution in [0.4, 0.5) is 0 Å². The molecular weight excluding hydrogens is 228 g/mol. The van der Waals surface area contributed by atoms with Gasteiger partial charge in [-0.2, -0.15) is 0 Å². The molecule has 0 amide bonds. The molecule has 0 atom stereocenters. The average molecular weight is 242 g/mol. The number of hydrogen-bond donors (Lipinski definition) is 0. The summed E-state index contributed by atoms with van der Waals surface area (Å²) in [7, 11) is -3.31. The second kappa shape index (κ2) is 4.95. The van der Waals surface area contributed by atoms with Crippen molar-refractivity contribution in [3.63, 3.8) is 0 Å². The molecule has 0 unspecified atom stereocenters. The van der Waals surface area contributed by atoms with Gasteiger partial charge in [0.2, 0.25) is 0 Å². The number of ether oxygens (including phenoxy) is 2. The summed E-state index contributed by atoms with van der Waals surface area (Å²) in [5.41, 5.74) is 0. The van der Waals surface area contributed by atoms with Crippen LogP contribution in [0.25, 0.3) is 0 Å². The van der Waals surface area contributed by atoms with Gasteiger partial charge in [-0.15, -0.1) is 0 Å². The van der Waals surface area contributed by atoms with Gasteiger partial charge in [-0.3, -0.25) is 0 Å². The van der Waals surface area contributed by atoms with Crippen LogP contribution in [0.2, 0.25) is 0 Å². The zero-order chi connectivity index (χ0) is 11.4. The Morgan fingerprint density at radius 3 is 2.38 bits per heavy atom. The lowest BCUT2D eigenvalue weighted by molar-refractivity contribution is -0.164. The normalized spacial score (nSPS) is 18.5. The molecule has 16 heavy (non-hydrogen) atoms. The summed E-state index contributed by atoms with van der Waals surface area (Å²) >= 11 is 0. The van der Waals surface area contributed by atoms with E-state index in [0.717, 1.165) is 6.42 Å². The van der Waals surface area contributed by atoms with Crippen LogP contribution in [-0.2, 0) is 19.3 Å². The van der Waals surface area contributed by atoms with Crippen LogP contribution in [0.15, 0.2) is 35.2 Å². The molecule has 1 fully saturated rings. The van der Waals surface area contributed by atoms with E-state index in [4.69, 9.17) is 9.47 Å². The highest BCUT2D eigenvalue weighted by molar-refractivity contribution is 7.91. The largest absolute Gasteiger partial charge is 0.351 e. The van der Waals surface area contributed by atoms with Crippen molar-refractivity contribution in [3.8, 4) is 0 Å². The van der Waals surface area contributed by atoms with Gasteiger partial charge in [0.05, 0.1) is 18.1 Å². The van der Waals surface area contributed by atoms with Gasteiger partial charge in [-0.25, -0.2) is 8.42 Å². The highest BCUT2D eigenvalue weighted by atomic mass is 32.2. The van der Waals surface area contributed by atoms with E-state index in [9.17, 15) is 8.42 Å². The third kappa shape index (κ3) is 2.81. The molecule has 0 N–H and O–H groups in total. The molecule has 0 spiro atoms. The molecule has 1 heterocycles. The molecule has 88 valence electrons. The Morgan fingerprint density at radius 2 is 1.75 bits per heavy atom. The third-order valence-electron chi connectivity index (χ3n) is 2.35. The first-order valence-electron chi connectivity index (χ1n) is 5.19. The maximum atomic E-state index is 11.9. The van der Waals surface area contributed by atoms with Gasteiger partial charge in [-0.05, 0) is 18.6 Å². The monoisotopic (exact) mass is 242 g/mol. The van der Waals surface area contributed by atoms with Gasteiger partial charge in [0.1, 0.15) is 5.75 Å². The maximum absolute atomic E-state index is 11.9. The van der Waals surface area contributed by atoms with E-state index < -0.39 is 16.1 Å². The molecule has 1 saturated heterocycles. The molecule has 5 heteroatoms. The quantitative estimate of drug-likeness (QED) is 0.799. The molecule has 1 aliphatic rings. The highest BCUT2D eigenvalue weighted by Gasteiger charge is 2.23. The molecule has 0 aromatic heterocycles. The van der Waals surface area contributed by atoms with Crippen LogP contribution in [0.3, 0.4) is 0 Å². The lowest BCUT2D eigenvalue weighted by atomic mass is 10.4. The number of benzene rings is 1. The predicted molar refractivity (Wildman–Crippen MR) is 58.8 cm³/mol. The van der Waals surface area contributed by atoms with Crippen molar-refractivity contribution in [3.05, 3.63) is 30.3 Å². The first-order valence-corrected chi connectivity index (χ1v) is 6.85. The number of sulfone groups is 1. The van der Waals surface area contributed by atoms with Gasteiger partial charge in [0.25, 0.3) is 0 Å². The standard InChI is InChI=1S/C11H14O4S/c12-16(13,10-5-2-1-3-6-10)9-11-14-7-4-8-15-11/h1-3,5-6,11H,4,7-9H2. The van der Waals surface area contributed by atoms with E-state index in [1.165, 1.54) is 0 Å². The number of hydrogen-bond acceptors (Lipinski definition) is 4. The fourth-order valence-electron chi connectivity index (χ4n) is 1.54. The van der Waals surface area contributed by atoms with E-state index in [1.54, 1.807) is 30.3 Å². The van der Waals surface area contributed by atoms with E-state index in [-0.39, 0.29) is 5.75 Å². The van der Waals surface area contributed by atoms with Crippen LogP contribution in [0.5, 0.6) is 0 Å². The molecule has 1 aromatic rings. The molecule has 0 radical (unpaired) electrons.